The lowest BCUT2D eigenvalue weighted by Crippen LogP contribution is -2.17. The maximum atomic E-state index is 13.2. The summed E-state index contributed by atoms with van der Waals surface area (Å²) in [5, 5.41) is 2.48. The quantitative estimate of drug-likeness (QED) is 0.846. The molecule has 0 saturated carbocycles. The van der Waals surface area contributed by atoms with Gasteiger partial charge in [0.25, 0.3) is 5.91 Å². The highest BCUT2D eigenvalue weighted by molar-refractivity contribution is 6.05. The first-order valence-electron chi connectivity index (χ1n) is 7.26. The molecule has 0 bridgehead atoms. The molecule has 0 radical (unpaired) electrons. The van der Waals surface area contributed by atoms with Crippen molar-refractivity contribution in [3.63, 3.8) is 0 Å². The lowest BCUT2D eigenvalue weighted by Gasteiger charge is -2.17. The van der Waals surface area contributed by atoms with Gasteiger partial charge in [0.2, 0.25) is 0 Å². The summed E-state index contributed by atoms with van der Waals surface area (Å²) in [7, 11) is 0. The van der Waals surface area contributed by atoms with Crippen LogP contribution in [0.4, 0.5) is 18.9 Å². The minimum Gasteiger partial charge on any atom is -0.488 e. The molecule has 1 aliphatic heterocycles. The molecule has 0 aromatic heterocycles. The Labute approximate surface area is 136 Å². The lowest BCUT2D eigenvalue weighted by atomic mass is 10.1. The number of benzene rings is 2. The second-order valence-corrected chi connectivity index (χ2v) is 5.27. The van der Waals surface area contributed by atoms with E-state index >= 15 is 0 Å². The lowest BCUT2D eigenvalue weighted by molar-refractivity contribution is -0.138. The molecule has 1 unspecified atom stereocenters. The summed E-state index contributed by atoms with van der Waals surface area (Å²) in [6.07, 6.45) is -4.79. The molecule has 0 aliphatic carbocycles. The fourth-order valence-electron chi connectivity index (χ4n) is 2.14. The summed E-state index contributed by atoms with van der Waals surface area (Å²) >= 11 is 0. The van der Waals surface area contributed by atoms with Gasteiger partial charge >= 0.3 is 6.18 Å². The Morgan fingerprint density at radius 2 is 1.88 bits per heavy atom. The van der Waals surface area contributed by atoms with Crippen LogP contribution in [0, 0.1) is 0 Å². The number of alkyl halides is 3. The number of hydrogen-bond donors (Lipinski definition) is 1. The number of hydrogen-bond acceptors (Lipinski definition) is 3. The molecule has 0 spiro atoms. The molecule has 2 aromatic rings. The van der Waals surface area contributed by atoms with Crippen molar-refractivity contribution in [1.82, 2.24) is 0 Å². The number of amides is 1. The van der Waals surface area contributed by atoms with Gasteiger partial charge in [-0.15, -0.1) is 0 Å². The maximum absolute atomic E-state index is 13.2. The Morgan fingerprint density at radius 1 is 1.17 bits per heavy atom. The van der Waals surface area contributed by atoms with Crippen molar-refractivity contribution in [3.8, 4) is 5.75 Å². The first-order valence-corrected chi connectivity index (χ1v) is 7.26. The highest BCUT2D eigenvalue weighted by Gasteiger charge is 2.36. The van der Waals surface area contributed by atoms with Gasteiger partial charge in [0, 0.05) is 5.56 Å². The molecule has 1 N–H and O–H groups in total. The summed E-state index contributed by atoms with van der Waals surface area (Å²) in [6, 6.07) is 11.7. The Morgan fingerprint density at radius 3 is 2.50 bits per heavy atom. The van der Waals surface area contributed by atoms with E-state index in [-0.39, 0.29) is 18.4 Å². The van der Waals surface area contributed by atoms with Gasteiger partial charge in [0.05, 0.1) is 17.9 Å². The molecule has 1 fully saturated rings. The van der Waals surface area contributed by atoms with Gasteiger partial charge in [0.15, 0.2) is 5.75 Å². The molecular formula is C17H14F3NO3. The van der Waals surface area contributed by atoms with E-state index in [0.29, 0.717) is 12.2 Å². The van der Waals surface area contributed by atoms with Crippen LogP contribution in [0.1, 0.15) is 15.9 Å². The second kappa shape index (κ2) is 6.52. The molecule has 1 atom stereocenters. The number of rotatable bonds is 5. The van der Waals surface area contributed by atoms with Crippen LogP contribution in [-0.2, 0) is 10.9 Å². The van der Waals surface area contributed by atoms with Crippen molar-refractivity contribution in [2.24, 2.45) is 0 Å². The zero-order valence-electron chi connectivity index (χ0n) is 12.5. The van der Waals surface area contributed by atoms with Crippen molar-refractivity contribution in [2.75, 3.05) is 18.5 Å². The van der Waals surface area contributed by atoms with Crippen LogP contribution < -0.4 is 10.1 Å². The SMILES string of the molecule is O=C(Nc1cccc(C(F)(F)F)c1OCC1CO1)c1ccccc1. The van der Waals surface area contributed by atoms with E-state index in [1.807, 2.05) is 0 Å². The van der Waals surface area contributed by atoms with Crippen molar-refractivity contribution in [2.45, 2.75) is 12.3 Å². The van der Waals surface area contributed by atoms with Gasteiger partial charge in [-0.3, -0.25) is 4.79 Å². The largest absolute Gasteiger partial charge is 0.488 e. The third kappa shape index (κ3) is 3.86. The van der Waals surface area contributed by atoms with Crippen LogP contribution in [0.3, 0.4) is 0 Å². The molecule has 3 rings (SSSR count). The number of para-hydroxylation sites is 1. The molecule has 2 aromatic carbocycles. The van der Waals surface area contributed by atoms with Crippen molar-refractivity contribution >= 4 is 11.6 Å². The topological polar surface area (TPSA) is 50.9 Å². The number of anilines is 1. The smallest absolute Gasteiger partial charge is 0.420 e. The second-order valence-electron chi connectivity index (χ2n) is 5.27. The average molecular weight is 337 g/mol. The van der Waals surface area contributed by atoms with Gasteiger partial charge in [-0.25, -0.2) is 0 Å². The minimum absolute atomic E-state index is 0.00129. The van der Waals surface area contributed by atoms with E-state index < -0.39 is 23.4 Å². The van der Waals surface area contributed by atoms with E-state index in [2.05, 4.69) is 5.32 Å². The Hall–Kier alpha value is -2.54. The molecule has 4 nitrogen and oxygen atoms in total. The number of ether oxygens (including phenoxy) is 2. The number of carbonyl (C=O) groups is 1. The summed E-state index contributed by atoms with van der Waals surface area (Å²) in [6.45, 7) is 0.460. The van der Waals surface area contributed by atoms with E-state index in [0.717, 1.165) is 6.07 Å². The van der Waals surface area contributed by atoms with Crippen LogP contribution in [0.5, 0.6) is 5.75 Å². The van der Waals surface area contributed by atoms with Crippen LogP contribution >= 0.6 is 0 Å². The Balaban J connectivity index is 1.89. The van der Waals surface area contributed by atoms with Crippen molar-refractivity contribution in [3.05, 3.63) is 59.7 Å². The summed E-state index contributed by atoms with van der Waals surface area (Å²) < 4.78 is 49.9. The monoisotopic (exact) mass is 337 g/mol. The zero-order valence-corrected chi connectivity index (χ0v) is 12.5. The molecule has 7 heteroatoms. The van der Waals surface area contributed by atoms with Gasteiger partial charge in [-0.1, -0.05) is 24.3 Å². The fraction of sp³-hybridized carbons (Fsp3) is 0.235. The maximum Gasteiger partial charge on any atom is 0.420 e. The van der Waals surface area contributed by atoms with E-state index in [9.17, 15) is 18.0 Å². The molecule has 1 saturated heterocycles. The molecule has 1 aliphatic rings. The Bertz CT molecular complexity index is 728. The number of carbonyl (C=O) groups excluding carboxylic acids is 1. The van der Waals surface area contributed by atoms with Crippen LogP contribution in [0.2, 0.25) is 0 Å². The van der Waals surface area contributed by atoms with Crippen molar-refractivity contribution in [1.29, 1.82) is 0 Å². The first-order chi connectivity index (χ1) is 11.4. The fourth-order valence-corrected chi connectivity index (χ4v) is 2.14. The van der Waals surface area contributed by atoms with Crippen LogP contribution in [0.15, 0.2) is 48.5 Å². The minimum atomic E-state index is -4.59. The van der Waals surface area contributed by atoms with E-state index in [1.54, 1.807) is 30.3 Å². The van der Waals surface area contributed by atoms with Crippen LogP contribution in [-0.4, -0.2) is 25.2 Å². The highest BCUT2D eigenvalue weighted by Crippen LogP contribution is 2.41. The molecule has 1 amide bonds. The predicted molar refractivity (Wildman–Crippen MR) is 81.1 cm³/mol. The number of epoxide rings is 1. The third-order valence-electron chi connectivity index (χ3n) is 3.42. The third-order valence-corrected chi connectivity index (χ3v) is 3.42. The summed E-state index contributed by atoms with van der Waals surface area (Å²) in [4.78, 5) is 12.2. The molecule has 126 valence electrons. The van der Waals surface area contributed by atoms with E-state index in [4.69, 9.17) is 9.47 Å². The molecular weight excluding hydrogens is 323 g/mol. The van der Waals surface area contributed by atoms with Crippen molar-refractivity contribution < 1.29 is 27.4 Å². The first kappa shape index (κ1) is 16.3. The molecule has 24 heavy (non-hydrogen) atoms. The highest BCUT2D eigenvalue weighted by atomic mass is 19.4. The van der Waals surface area contributed by atoms with E-state index in [1.165, 1.54) is 12.1 Å². The summed E-state index contributed by atoms with van der Waals surface area (Å²) in [5.41, 5.74) is -0.625. The van der Waals surface area contributed by atoms with Gasteiger partial charge < -0.3 is 14.8 Å². The number of halogens is 3. The normalized spacial score (nSPS) is 16.5. The van der Waals surface area contributed by atoms with Gasteiger partial charge in [-0.2, -0.15) is 13.2 Å². The predicted octanol–water partition coefficient (Wildman–Crippen LogP) is 3.74. The summed E-state index contributed by atoms with van der Waals surface area (Å²) in [5.74, 6) is -0.910. The average Bonchev–Trinajstić information content (AvgIpc) is 3.37. The molecule has 1 heterocycles. The number of nitrogens with one attached hydrogen (secondary N) is 1. The van der Waals surface area contributed by atoms with Gasteiger partial charge in [-0.05, 0) is 24.3 Å². The zero-order chi connectivity index (χ0) is 17.2. The van der Waals surface area contributed by atoms with Gasteiger partial charge in [0.1, 0.15) is 12.7 Å². The Kier molecular flexibility index (Phi) is 4.44. The van der Waals surface area contributed by atoms with Crippen LogP contribution in [0.25, 0.3) is 0 Å². The standard InChI is InChI=1S/C17H14F3NO3/c18-17(19,20)13-7-4-8-14(15(13)24-10-12-9-23-12)21-16(22)11-5-2-1-3-6-11/h1-8,12H,9-10H2,(H,21,22).